The molecule has 68 valence electrons. The Balaban J connectivity index is 0.00000121. The molecule has 0 fully saturated rings. The second-order valence-corrected chi connectivity index (χ2v) is 2.32. The van der Waals surface area contributed by atoms with Crippen molar-refractivity contribution in [3.05, 3.63) is 29.8 Å². The minimum atomic E-state index is 0. The summed E-state index contributed by atoms with van der Waals surface area (Å²) in [6.07, 6.45) is 0. The van der Waals surface area contributed by atoms with E-state index in [1.165, 1.54) is 0 Å². The molecule has 1 rings (SSSR count). The van der Waals surface area contributed by atoms with E-state index in [4.69, 9.17) is 22.1 Å². The van der Waals surface area contributed by atoms with Gasteiger partial charge in [-0.1, -0.05) is 23.7 Å². The van der Waals surface area contributed by atoms with Gasteiger partial charge in [0.2, 0.25) is 0 Å². The van der Waals surface area contributed by atoms with E-state index in [2.05, 4.69) is 0 Å². The first-order valence-corrected chi connectivity index (χ1v) is 3.88. The monoisotopic (exact) mass is 207 g/mol. The third kappa shape index (κ3) is 3.30. The molecular weight excluding hydrogens is 197 g/mol. The van der Waals surface area contributed by atoms with E-state index in [0.29, 0.717) is 6.54 Å². The Hall–Kier alpha value is -0.440. The highest BCUT2D eigenvalue weighted by molar-refractivity contribution is 6.17. The van der Waals surface area contributed by atoms with Crippen LogP contribution in [0.1, 0.15) is 5.56 Å². The van der Waals surface area contributed by atoms with Gasteiger partial charge in [0.1, 0.15) is 5.75 Å². The van der Waals surface area contributed by atoms with Gasteiger partial charge in [0, 0.05) is 6.54 Å². The molecule has 0 aliphatic heterocycles. The van der Waals surface area contributed by atoms with Crippen LogP contribution in [-0.4, -0.2) is 6.07 Å². The van der Waals surface area contributed by atoms with Crippen LogP contribution in [0.3, 0.4) is 0 Å². The fourth-order valence-electron chi connectivity index (χ4n) is 0.825. The first kappa shape index (κ1) is 11.6. The summed E-state index contributed by atoms with van der Waals surface area (Å²) in [5, 5.41) is 0. The smallest absolute Gasteiger partial charge is 0.162 e. The van der Waals surface area contributed by atoms with Crippen LogP contribution < -0.4 is 10.5 Å². The summed E-state index contributed by atoms with van der Waals surface area (Å²) in [7, 11) is 0. The standard InChI is InChI=1S/C8H10ClNO.ClH/c9-6-11-8-3-1-2-7(4-8)5-10;/h1-4H,5-6,10H2;1H. The molecule has 0 amide bonds. The summed E-state index contributed by atoms with van der Waals surface area (Å²) in [6.45, 7) is 0.527. The molecule has 0 aliphatic rings. The zero-order valence-corrected chi connectivity index (χ0v) is 8.07. The third-order valence-corrected chi connectivity index (χ3v) is 1.46. The summed E-state index contributed by atoms with van der Waals surface area (Å²) in [6, 6.07) is 7.74. The van der Waals surface area contributed by atoms with Crippen LogP contribution >= 0.6 is 24.0 Å². The van der Waals surface area contributed by atoms with Gasteiger partial charge in [-0.05, 0) is 17.7 Å². The van der Waals surface area contributed by atoms with Crippen molar-refractivity contribution >= 4 is 24.0 Å². The zero-order valence-electron chi connectivity index (χ0n) is 6.50. The number of nitrogens with two attached hydrogens (primary N) is 1. The highest BCUT2D eigenvalue weighted by Crippen LogP contribution is 2.12. The van der Waals surface area contributed by atoms with Crippen LogP contribution in [0, 0.1) is 0 Å². The number of hydrogen-bond donors (Lipinski definition) is 1. The van der Waals surface area contributed by atoms with Gasteiger partial charge < -0.3 is 10.5 Å². The lowest BCUT2D eigenvalue weighted by Crippen LogP contribution is -1.96. The Bertz CT molecular complexity index is 230. The van der Waals surface area contributed by atoms with Crippen LogP contribution in [0.5, 0.6) is 5.75 Å². The van der Waals surface area contributed by atoms with Crippen LogP contribution in [0.15, 0.2) is 24.3 Å². The molecule has 0 saturated carbocycles. The van der Waals surface area contributed by atoms with Crippen molar-refractivity contribution in [1.82, 2.24) is 0 Å². The van der Waals surface area contributed by atoms with E-state index < -0.39 is 0 Å². The average Bonchev–Trinajstić information content (AvgIpc) is 2.06. The molecular formula is C8H11Cl2NO. The molecule has 0 unspecified atom stereocenters. The topological polar surface area (TPSA) is 35.2 Å². The molecule has 1 aromatic carbocycles. The van der Waals surface area contributed by atoms with E-state index in [1.54, 1.807) is 0 Å². The van der Waals surface area contributed by atoms with Gasteiger partial charge in [-0.25, -0.2) is 0 Å². The quantitative estimate of drug-likeness (QED) is 0.772. The van der Waals surface area contributed by atoms with Crippen molar-refractivity contribution in [3.63, 3.8) is 0 Å². The van der Waals surface area contributed by atoms with Crippen molar-refractivity contribution in [1.29, 1.82) is 0 Å². The lowest BCUT2D eigenvalue weighted by Gasteiger charge is -2.02. The van der Waals surface area contributed by atoms with Crippen LogP contribution in [-0.2, 0) is 6.54 Å². The van der Waals surface area contributed by atoms with Gasteiger partial charge in [0.25, 0.3) is 0 Å². The van der Waals surface area contributed by atoms with Crippen molar-refractivity contribution in [2.45, 2.75) is 6.54 Å². The largest absolute Gasteiger partial charge is 0.478 e. The average molecular weight is 208 g/mol. The molecule has 12 heavy (non-hydrogen) atoms. The minimum absolute atomic E-state index is 0. The third-order valence-electron chi connectivity index (χ3n) is 1.36. The molecule has 4 heteroatoms. The van der Waals surface area contributed by atoms with Gasteiger partial charge in [0.05, 0.1) is 0 Å². The molecule has 0 spiro atoms. The van der Waals surface area contributed by atoms with Crippen molar-refractivity contribution < 1.29 is 4.74 Å². The number of benzene rings is 1. The summed E-state index contributed by atoms with van der Waals surface area (Å²) in [4.78, 5) is 0. The molecule has 0 aliphatic carbocycles. The Morgan fingerprint density at radius 2 is 2.17 bits per heavy atom. The molecule has 2 nitrogen and oxygen atoms in total. The first-order valence-electron chi connectivity index (χ1n) is 3.34. The summed E-state index contributed by atoms with van der Waals surface area (Å²) < 4.78 is 5.06. The predicted octanol–water partition coefficient (Wildman–Crippen LogP) is 2.14. The lowest BCUT2D eigenvalue weighted by atomic mass is 10.2. The highest BCUT2D eigenvalue weighted by Gasteiger charge is 1.92. The second kappa shape index (κ2) is 6.12. The number of rotatable bonds is 3. The molecule has 0 saturated heterocycles. The van der Waals surface area contributed by atoms with Crippen molar-refractivity contribution in [2.75, 3.05) is 6.07 Å². The maximum Gasteiger partial charge on any atom is 0.162 e. The van der Waals surface area contributed by atoms with E-state index in [0.717, 1.165) is 11.3 Å². The highest BCUT2D eigenvalue weighted by atomic mass is 35.5. The van der Waals surface area contributed by atoms with Crippen molar-refractivity contribution in [3.8, 4) is 5.75 Å². The predicted molar refractivity (Wildman–Crippen MR) is 52.9 cm³/mol. The van der Waals surface area contributed by atoms with Gasteiger partial charge in [0.15, 0.2) is 6.07 Å². The van der Waals surface area contributed by atoms with Gasteiger partial charge in [-0.2, -0.15) is 0 Å². The van der Waals surface area contributed by atoms with Crippen LogP contribution in [0.4, 0.5) is 0 Å². The Morgan fingerprint density at radius 3 is 2.75 bits per heavy atom. The van der Waals surface area contributed by atoms with E-state index in [1.807, 2.05) is 24.3 Å². The summed E-state index contributed by atoms with van der Waals surface area (Å²) in [5.74, 6) is 0.767. The minimum Gasteiger partial charge on any atom is -0.478 e. The fourth-order valence-corrected chi connectivity index (χ4v) is 0.951. The maximum atomic E-state index is 5.43. The van der Waals surface area contributed by atoms with Gasteiger partial charge >= 0.3 is 0 Å². The van der Waals surface area contributed by atoms with Gasteiger partial charge in [-0.15, -0.1) is 12.4 Å². The number of alkyl halides is 1. The summed E-state index contributed by atoms with van der Waals surface area (Å²) >= 11 is 5.38. The van der Waals surface area contributed by atoms with E-state index in [-0.39, 0.29) is 18.5 Å². The van der Waals surface area contributed by atoms with E-state index >= 15 is 0 Å². The Kier molecular flexibility index (Phi) is 5.89. The molecule has 0 atom stereocenters. The molecule has 0 aromatic heterocycles. The lowest BCUT2D eigenvalue weighted by molar-refractivity contribution is 0.387. The van der Waals surface area contributed by atoms with E-state index in [9.17, 15) is 0 Å². The maximum absolute atomic E-state index is 5.43. The number of hydrogen-bond acceptors (Lipinski definition) is 2. The fraction of sp³-hybridized carbons (Fsp3) is 0.250. The molecule has 2 N–H and O–H groups in total. The Morgan fingerprint density at radius 1 is 1.42 bits per heavy atom. The SMILES string of the molecule is Cl.NCc1cccc(OCCl)c1. The zero-order chi connectivity index (χ0) is 8.10. The summed E-state index contributed by atoms with van der Waals surface area (Å²) in [5.41, 5.74) is 6.48. The Labute approximate surface area is 83.1 Å². The normalized spacial score (nSPS) is 8.83. The van der Waals surface area contributed by atoms with Crippen LogP contribution in [0.2, 0.25) is 0 Å². The molecule has 0 radical (unpaired) electrons. The second-order valence-electron chi connectivity index (χ2n) is 2.10. The number of halogens is 2. The number of ether oxygens (including phenoxy) is 1. The molecule has 0 heterocycles. The molecule has 1 aromatic rings. The van der Waals surface area contributed by atoms with Gasteiger partial charge in [-0.3, -0.25) is 0 Å². The molecule has 0 bridgehead atoms. The van der Waals surface area contributed by atoms with Crippen molar-refractivity contribution in [2.24, 2.45) is 5.73 Å². The first-order chi connectivity index (χ1) is 5.36. The van der Waals surface area contributed by atoms with Crippen LogP contribution in [0.25, 0.3) is 0 Å².